The molecule has 2 rings (SSSR count). The minimum Gasteiger partial charge on any atom is -0.330 e. The monoisotopic (exact) mass is 272 g/mol. The quantitative estimate of drug-likeness (QED) is 0.757. The molecule has 0 atom stereocenters. The second-order valence-corrected chi connectivity index (χ2v) is 4.70. The van der Waals surface area contributed by atoms with Crippen LogP contribution in [-0.2, 0) is 11.3 Å². The van der Waals surface area contributed by atoms with E-state index >= 15 is 0 Å². The van der Waals surface area contributed by atoms with E-state index in [9.17, 15) is 4.79 Å². The topological polar surface area (TPSA) is 72.9 Å². The Bertz CT molecular complexity index is 537. The molecule has 0 fully saturated rings. The second kappa shape index (κ2) is 7.45. The molecule has 5 heteroatoms. The highest BCUT2D eigenvalue weighted by Crippen LogP contribution is 2.12. The number of carbonyl (C=O) groups excluding carboxylic acids is 1. The molecule has 0 bridgehead atoms. The molecule has 1 amide bonds. The second-order valence-electron chi connectivity index (χ2n) is 4.70. The summed E-state index contributed by atoms with van der Waals surface area (Å²) in [5.41, 5.74) is 7.34. The number of anilines is 1. The Morgan fingerprint density at radius 2 is 2.20 bits per heavy atom. The zero-order valence-corrected chi connectivity index (χ0v) is 11.5. The van der Waals surface area contributed by atoms with Gasteiger partial charge in [0.15, 0.2) is 0 Å². The number of aromatic nitrogens is 2. The summed E-state index contributed by atoms with van der Waals surface area (Å²) in [4.78, 5) is 11.7. The Labute approximate surface area is 118 Å². The number of carbonyl (C=O) groups is 1. The number of hydrogen-bond donors (Lipinski definition) is 2. The van der Waals surface area contributed by atoms with Gasteiger partial charge in [-0.25, -0.2) is 0 Å². The number of benzene rings is 1. The van der Waals surface area contributed by atoms with Gasteiger partial charge < -0.3 is 11.1 Å². The van der Waals surface area contributed by atoms with Crippen molar-refractivity contribution in [1.82, 2.24) is 9.78 Å². The van der Waals surface area contributed by atoms with Gasteiger partial charge in [-0.1, -0.05) is 12.1 Å². The summed E-state index contributed by atoms with van der Waals surface area (Å²) < 4.78 is 1.85. The first-order chi connectivity index (χ1) is 9.78. The first-order valence-corrected chi connectivity index (χ1v) is 6.84. The van der Waals surface area contributed by atoms with Gasteiger partial charge in [-0.05, 0) is 43.1 Å². The van der Waals surface area contributed by atoms with Crippen molar-refractivity contribution in [3.63, 3.8) is 0 Å². The molecule has 5 nitrogen and oxygen atoms in total. The Kier molecular flexibility index (Phi) is 5.32. The molecule has 20 heavy (non-hydrogen) atoms. The molecule has 0 spiro atoms. The number of unbranched alkanes of at least 4 members (excludes halogenated alkanes) is 1. The van der Waals surface area contributed by atoms with Crippen LogP contribution >= 0.6 is 0 Å². The number of rotatable bonds is 7. The van der Waals surface area contributed by atoms with Gasteiger partial charge in [-0.2, -0.15) is 5.10 Å². The summed E-state index contributed by atoms with van der Waals surface area (Å²) >= 11 is 0. The third kappa shape index (κ3) is 4.51. The van der Waals surface area contributed by atoms with Crippen LogP contribution in [0, 0.1) is 0 Å². The number of amides is 1. The Morgan fingerprint density at radius 1 is 1.30 bits per heavy atom. The lowest BCUT2D eigenvalue weighted by molar-refractivity contribution is -0.116. The van der Waals surface area contributed by atoms with Gasteiger partial charge in [0.05, 0.1) is 6.54 Å². The van der Waals surface area contributed by atoms with Gasteiger partial charge in [-0.3, -0.25) is 9.48 Å². The van der Waals surface area contributed by atoms with Crippen LogP contribution in [0.4, 0.5) is 5.69 Å². The highest BCUT2D eigenvalue weighted by atomic mass is 16.1. The van der Waals surface area contributed by atoms with E-state index in [1.807, 2.05) is 41.2 Å². The van der Waals surface area contributed by atoms with Gasteiger partial charge >= 0.3 is 0 Å². The van der Waals surface area contributed by atoms with Crippen LogP contribution in [0.1, 0.15) is 24.8 Å². The van der Waals surface area contributed by atoms with Crippen molar-refractivity contribution in [3.8, 4) is 0 Å². The number of nitrogens with one attached hydrogen (secondary N) is 1. The fourth-order valence-corrected chi connectivity index (χ4v) is 1.98. The average Bonchev–Trinajstić information content (AvgIpc) is 2.92. The summed E-state index contributed by atoms with van der Waals surface area (Å²) in [7, 11) is 0. The van der Waals surface area contributed by atoms with E-state index in [0.29, 0.717) is 19.5 Å². The van der Waals surface area contributed by atoms with Crippen molar-refractivity contribution in [2.45, 2.75) is 25.8 Å². The van der Waals surface area contributed by atoms with E-state index in [1.54, 1.807) is 6.20 Å². The zero-order chi connectivity index (χ0) is 14.2. The Hall–Kier alpha value is -2.14. The smallest absolute Gasteiger partial charge is 0.224 e. The molecule has 0 saturated carbocycles. The van der Waals surface area contributed by atoms with E-state index in [1.165, 1.54) is 0 Å². The molecule has 1 aromatic carbocycles. The van der Waals surface area contributed by atoms with Gasteiger partial charge in [0, 0.05) is 24.5 Å². The Balaban J connectivity index is 1.90. The molecular formula is C15H20N4O. The molecule has 0 saturated heterocycles. The highest BCUT2D eigenvalue weighted by Gasteiger charge is 2.03. The van der Waals surface area contributed by atoms with Gasteiger partial charge in [-0.15, -0.1) is 0 Å². The van der Waals surface area contributed by atoms with Crippen molar-refractivity contribution < 1.29 is 4.79 Å². The summed E-state index contributed by atoms with van der Waals surface area (Å²) in [6, 6.07) is 9.72. The summed E-state index contributed by atoms with van der Waals surface area (Å²) in [5, 5.41) is 7.08. The molecule has 3 N–H and O–H groups in total. The van der Waals surface area contributed by atoms with Gasteiger partial charge in [0.25, 0.3) is 0 Å². The summed E-state index contributed by atoms with van der Waals surface area (Å²) in [6.07, 6.45) is 5.89. The fourth-order valence-electron chi connectivity index (χ4n) is 1.98. The Morgan fingerprint density at radius 3 is 2.95 bits per heavy atom. The molecule has 1 heterocycles. The van der Waals surface area contributed by atoms with Gasteiger partial charge in [0.1, 0.15) is 0 Å². The van der Waals surface area contributed by atoms with Crippen LogP contribution in [0.5, 0.6) is 0 Å². The van der Waals surface area contributed by atoms with Crippen LogP contribution in [0.2, 0.25) is 0 Å². The molecule has 2 aromatic rings. The van der Waals surface area contributed by atoms with E-state index in [0.717, 1.165) is 24.1 Å². The highest BCUT2D eigenvalue weighted by molar-refractivity contribution is 5.90. The standard InChI is InChI=1S/C15H20N4O/c16-8-2-1-7-15(20)18-14-6-3-5-13(11-14)12-19-10-4-9-17-19/h3-6,9-11H,1-2,7-8,12,16H2,(H,18,20). The maximum Gasteiger partial charge on any atom is 0.224 e. The minimum absolute atomic E-state index is 0.0367. The van der Waals surface area contributed by atoms with Crippen molar-refractivity contribution in [2.24, 2.45) is 5.73 Å². The minimum atomic E-state index is 0.0367. The van der Waals surface area contributed by atoms with Crippen molar-refractivity contribution in [1.29, 1.82) is 0 Å². The fraction of sp³-hybridized carbons (Fsp3) is 0.333. The third-order valence-electron chi connectivity index (χ3n) is 2.97. The lowest BCUT2D eigenvalue weighted by Crippen LogP contribution is -2.12. The van der Waals surface area contributed by atoms with Crippen LogP contribution in [0.3, 0.4) is 0 Å². The zero-order valence-electron chi connectivity index (χ0n) is 11.5. The van der Waals surface area contributed by atoms with Crippen molar-refractivity contribution in [3.05, 3.63) is 48.3 Å². The summed E-state index contributed by atoms with van der Waals surface area (Å²) in [6.45, 7) is 1.33. The third-order valence-corrected chi connectivity index (χ3v) is 2.97. The van der Waals surface area contributed by atoms with Crippen LogP contribution in [0.15, 0.2) is 42.7 Å². The lowest BCUT2D eigenvalue weighted by atomic mass is 10.2. The molecule has 0 radical (unpaired) electrons. The first-order valence-electron chi connectivity index (χ1n) is 6.84. The number of hydrogen-bond acceptors (Lipinski definition) is 3. The van der Waals surface area contributed by atoms with Crippen LogP contribution < -0.4 is 11.1 Å². The maximum absolute atomic E-state index is 11.7. The van der Waals surface area contributed by atoms with Crippen LogP contribution in [-0.4, -0.2) is 22.2 Å². The SMILES string of the molecule is NCCCCC(=O)Nc1cccc(Cn2cccn2)c1. The predicted octanol–water partition coefficient (Wildman–Crippen LogP) is 2.00. The molecule has 0 unspecified atom stereocenters. The predicted molar refractivity (Wildman–Crippen MR) is 79.3 cm³/mol. The summed E-state index contributed by atoms with van der Waals surface area (Å²) in [5.74, 6) is 0.0367. The largest absolute Gasteiger partial charge is 0.330 e. The lowest BCUT2D eigenvalue weighted by Gasteiger charge is -2.07. The first kappa shape index (κ1) is 14.3. The normalized spacial score (nSPS) is 10.4. The molecule has 0 aliphatic rings. The average molecular weight is 272 g/mol. The van der Waals surface area contributed by atoms with Crippen molar-refractivity contribution >= 4 is 11.6 Å². The van der Waals surface area contributed by atoms with E-state index in [4.69, 9.17) is 5.73 Å². The number of nitrogens with two attached hydrogens (primary N) is 1. The van der Waals surface area contributed by atoms with E-state index in [2.05, 4.69) is 10.4 Å². The molecule has 1 aromatic heterocycles. The molecule has 106 valence electrons. The maximum atomic E-state index is 11.7. The van der Waals surface area contributed by atoms with Crippen molar-refractivity contribution in [2.75, 3.05) is 11.9 Å². The molecule has 0 aliphatic heterocycles. The van der Waals surface area contributed by atoms with E-state index < -0.39 is 0 Å². The van der Waals surface area contributed by atoms with Gasteiger partial charge in [0.2, 0.25) is 5.91 Å². The van der Waals surface area contributed by atoms with E-state index in [-0.39, 0.29) is 5.91 Å². The molecule has 0 aliphatic carbocycles. The van der Waals surface area contributed by atoms with Crippen LogP contribution in [0.25, 0.3) is 0 Å². The molecular weight excluding hydrogens is 252 g/mol. The number of nitrogens with zero attached hydrogens (tertiary/aromatic N) is 2.